The molecule has 198 valence electrons. The zero-order valence-corrected chi connectivity index (χ0v) is 20.6. The van der Waals surface area contributed by atoms with E-state index in [1.165, 1.54) is 11.3 Å². The average molecular weight is 463 g/mol. The van der Waals surface area contributed by atoms with E-state index in [9.17, 15) is 4.79 Å². The third kappa shape index (κ3) is 35.4. The Balaban J connectivity index is -0.0000000407. The quantitative estimate of drug-likeness (QED) is 0.244. The summed E-state index contributed by atoms with van der Waals surface area (Å²) in [5.41, 5.74) is 5.25. The fourth-order valence-electron chi connectivity index (χ4n) is 1.22. The Morgan fingerprint density at radius 2 is 1.00 bits per heavy atom. The van der Waals surface area contributed by atoms with Crippen LogP contribution in [0, 0.1) is 0 Å². The molecule has 0 rings (SSSR count). The molecule has 0 radical (unpaired) electrons. The Labute approximate surface area is 203 Å². The lowest BCUT2D eigenvalue weighted by Gasteiger charge is -2.05. The lowest BCUT2D eigenvalue weighted by atomic mass is 10.1. The SMILES string of the molecule is C.C.C.C.C=NC.CN=C(C)C(C)=C(C)NC.CNC(C)=C(C)C(C)=O.CNC(C)NC. The summed E-state index contributed by atoms with van der Waals surface area (Å²) in [6, 6.07) is 0. The molecule has 0 heterocycles. The molecule has 0 aromatic carbocycles. The van der Waals surface area contributed by atoms with E-state index >= 15 is 0 Å². The highest BCUT2D eigenvalue weighted by Crippen LogP contribution is 2.01. The van der Waals surface area contributed by atoms with Gasteiger partial charge in [-0.15, -0.1) is 0 Å². The van der Waals surface area contributed by atoms with Crippen LogP contribution in [-0.4, -0.2) is 66.7 Å². The van der Waals surface area contributed by atoms with E-state index in [1.807, 2.05) is 62.9 Å². The third-order valence-corrected chi connectivity index (χ3v) is 4.15. The van der Waals surface area contributed by atoms with E-state index in [-0.39, 0.29) is 35.5 Å². The number of hydrogen-bond acceptors (Lipinski definition) is 7. The van der Waals surface area contributed by atoms with Gasteiger partial charge in [0.15, 0.2) is 5.78 Å². The second-order valence-corrected chi connectivity index (χ2v) is 5.98. The predicted molar refractivity (Wildman–Crippen MR) is 155 cm³/mol. The minimum Gasteiger partial charge on any atom is -0.391 e. The molecular formula is C25H62N6O. The molecule has 0 amide bonds. The molecule has 0 unspecified atom stereocenters. The first kappa shape index (κ1) is 52.1. The van der Waals surface area contributed by atoms with Gasteiger partial charge < -0.3 is 26.3 Å². The van der Waals surface area contributed by atoms with E-state index in [0.29, 0.717) is 6.17 Å². The number of rotatable bonds is 6. The summed E-state index contributed by atoms with van der Waals surface area (Å²) in [6.07, 6.45) is 0.435. The maximum absolute atomic E-state index is 10.6. The summed E-state index contributed by atoms with van der Waals surface area (Å²) < 4.78 is 0. The third-order valence-electron chi connectivity index (χ3n) is 4.15. The van der Waals surface area contributed by atoms with Crippen molar-refractivity contribution in [2.24, 2.45) is 9.98 Å². The summed E-state index contributed by atoms with van der Waals surface area (Å²) in [4.78, 5) is 18.0. The molecule has 0 saturated carbocycles. The van der Waals surface area contributed by atoms with E-state index in [0.717, 1.165) is 17.0 Å². The molecule has 0 aliphatic rings. The zero-order valence-electron chi connectivity index (χ0n) is 20.6. The van der Waals surface area contributed by atoms with Crippen LogP contribution in [-0.2, 0) is 4.79 Å². The van der Waals surface area contributed by atoms with E-state index in [1.54, 1.807) is 14.0 Å². The molecule has 7 nitrogen and oxygen atoms in total. The van der Waals surface area contributed by atoms with Crippen molar-refractivity contribution in [2.75, 3.05) is 42.3 Å². The molecule has 32 heavy (non-hydrogen) atoms. The molecular weight excluding hydrogens is 400 g/mol. The molecule has 0 bridgehead atoms. The number of ketones is 1. The Morgan fingerprint density at radius 1 is 0.719 bits per heavy atom. The van der Waals surface area contributed by atoms with Crippen molar-refractivity contribution in [2.45, 2.75) is 84.3 Å². The van der Waals surface area contributed by atoms with E-state index < -0.39 is 0 Å². The minimum absolute atomic E-state index is 0. The van der Waals surface area contributed by atoms with Crippen LogP contribution in [0.5, 0.6) is 0 Å². The van der Waals surface area contributed by atoms with Crippen LogP contribution in [0.25, 0.3) is 0 Å². The number of Topliss-reactive ketones (excluding diaryl/α,β-unsaturated/α-hetero) is 1. The van der Waals surface area contributed by atoms with Gasteiger partial charge in [-0.1, -0.05) is 29.7 Å². The lowest BCUT2D eigenvalue weighted by molar-refractivity contribution is -0.113. The first-order valence-electron chi connectivity index (χ1n) is 9.29. The van der Waals surface area contributed by atoms with Gasteiger partial charge in [0.2, 0.25) is 0 Å². The summed E-state index contributed by atoms with van der Waals surface area (Å²) in [6.45, 7) is 16.6. The van der Waals surface area contributed by atoms with Gasteiger partial charge in [-0.05, 0) is 74.9 Å². The highest BCUT2D eigenvalue weighted by atomic mass is 16.1. The fourth-order valence-corrected chi connectivity index (χ4v) is 1.22. The number of carbonyl (C=O) groups is 1. The van der Waals surface area contributed by atoms with Crippen LogP contribution in [0.2, 0.25) is 0 Å². The smallest absolute Gasteiger partial charge is 0.157 e. The number of hydrogen-bond donors (Lipinski definition) is 4. The second-order valence-electron chi connectivity index (χ2n) is 5.98. The first-order valence-corrected chi connectivity index (χ1v) is 9.29. The maximum Gasteiger partial charge on any atom is 0.157 e. The van der Waals surface area contributed by atoms with Crippen LogP contribution in [0.3, 0.4) is 0 Å². The second kappa shape index (κ2) is 36.4. The average Bonchev–Trinajstić information content (AvgIpc) is 2.71. The number of nitrogens with one attached hydrogen (secondary N) is 4. The van der Waals surface area contributed by atoms with Gasteiger partial charge in [0.1, 0.15) is 0 Å². The fraction of sp³-hybridized carbons (Fsp3) is 0.720. The molecule has 4 N–H and O–H groups in total. The van der Waals surface area contributed by atoms with Crippen molar-refractivity contribution >= 4 is 18.2 Å². The monoisotopic (exact) mass is 462 g/mol. The largest absolute Gasteiger partial charge is 0.391 e. The van der Waals surface area contributed by atoms with Crippen molar-refractivity contribution in [3.05, 3.63) is 22.5 Å². The standard InChI is InChI=1S/C8H16N2.C7H13NO.C4H12N2.C2H5N.4CH4/c1-6(7(2)9-4)8(3)10-5;1-5(7(3)9)6(2)8-4;1-4(5-2)6-3;1-3-2;;;;/h9H,1-5H3;8H,1-4H3;4-6H,1-3H3;1H2,2H3;4*1H4. The van der Waals surface area contributed by atoms with Gasteiger partial charge in [0, 0.05) is 50.9 Å². The summed E-state index contributed by atoms with van der Waals surface area (Å²) in [5, 5.41) is 12.0. The van der Waals surface area contributed by atoms with Gasteiger partial charge in [-0.25, -0.2) is 0 Å². The van der Waals surface area contributed by atoms with Gasteiger partial charge in [-0.3, -0.25) is 9.79 Å². The van der Waals surface area contributed by atoms with Crippen LogP contribution < -0.4 is 21.3 Å². The lowest BCUT2D eigenvalue weighted by Crippen LogP contribution is -2.34. The minimum atomic E-state index is 0. The van der Waals surface area contributed by atoms with Crippen LogP contribution in [0.1, 0.15) is 78.2 Å². The molecule has 0 saturated heterocycles. The van der Waals surface area contributed by atoms with Gasteiger partial charge in [0.25, 0.3) is 0 Å². The van der Waals surface area contributed by atoms with Gasteiger partial charge in [-0.2, -0.15) is 0 Å². The molecule has 7 heteroatoms. The van der Waals surface area contributed by atoms with Crippen LogP contribution in [0.15, 0.2) is 32.5 Å². The number of allylic oxidation sites excluding steroid dienone is 4. The Kier molecular flexibility index (Phi) is 59.3. The first-order chi connectivity index (χ1) is 12.9. The van der Waals surface area contributed by atoms with Crippen LogP contribution in [0.4, 0.5) is 0 Å². The van der Waals surface area contributed by atoms with Crippen molar-refractivity contribution in [3.63, 3.8) is 0 Å². The summed E-state index contributed by atoms with van der Waals surface area (Å²) >= 11 is 0. The highest BCUT2D eigenvalue weighted by Gasteiger charge is 1.98. The summed E-state index contributed by atoms with van der Waals surface area (Å²) in [7, 11) is 11.0. The van der Waals surface area contributed by atoms with Crippen molar-refractivity contribution in [3.8, 4) is 0 Å². The molecule has 0 fully saturated rings. The molecule has 0 spiro atoms. The topological polar surface area (TPSA) is 89.9 Å². The highest BCUT2D eigenvalue weighted by molar-refractivity contribution is 5.98. The number of carbonyl (C=O) groups excluding carboxylic acids is 1. The van der Waals surface area contributed by atoms with Gasteiger partial charge >= 0.3 is 0 Å². The number of aliphatic imine (C=N–C) groups is 2. The molecule has 0 aliphatic carbocycles. The van der Waals surface area contributed by atoms with Crippen molar-refractivity contribution < 1.29 is 4.79 Å². The normalized spacial score (nSPS) is 10.4. The summed E-state index contributed by atoms with van der Waals surface area (Å²) in [5.74, 6) is 0.127. The predicted octanol–water partition coefficient (Wildman–Crippen LogP) is 5.31. The maximum atomic E-state index is 10.6. The Bertz CT molecular complexity index is 505. The molecule has 0 aliphatic heterocycles. The molecule has 0 atom stereocenters. The zero-order chi connectivity index (χ0) is 23.3. The van der Waals surface area contributed by atoms with Crippen molar-refractivity contribution in [1.82, 2.24) is 21.3 Å². The number of nitrogens with zero attached hydrogens (tertiary/aromatic N) is 2. The Hall–Kier alpha value is -1.99. The Morgan fingerprint density at radius 3 is 1.12 bits per heavy atom. The van der Waals surface area contributed by atoms with E-state index in [2.05, 4.69) is 51.8 Å². The van der Waals surface area contributed by atoms with E-state index in [4.69, 9.17) is 0 Å². The van der Waals surface area contributed by atoms with Gasteiger partial charge in [0.05, 0.1) is 6.17 Å². The van der Waals surface area contributed by atoms with Crippen molar-refractivity contribution in [1.29, 1.82) is 0 Å². The van der Waals surface area contributed by atoms with Crippen LogP contribution >= 0.6 is 0 Å². The molecule has 0 aromatic rings. The molecule has 0 aromatic heterocycles.